The molecule has 2 fully saturated rings. The molecule has 1 amide bonds. The molecule has 2 aromatic rings. The third-order valence-electron chi connectivity index (χ3n) is 5.72. The highest BCUT2D eigenvalue weighted by Crippen LogP contribution is 2.25. The second-order valence-electron chi connectivity index (χ2n) is 7.62. The zero-order valence-electron chi connectivity index (χ0n) is 17.2. The molecule has 2 heterocycles. The maximum Gasteiger partial charge on any atom is 0.253 e. The lowest BCUT2D eigenvalue weighted by Crippen LogP contribution is -2.35. The number of anilines is 2. The van der Waals surface area contributed by atoms with E-state index in [4.69, 9.17) is 4.74 Å². The average molecular weight is 430 g/mol. The normalized spacial score (nSPS) is 18.9. The number of benzene rings is 2. The van der Waals surface area contributed by atoms with Gasteiger partial charge < -0.3 is 14.5 Å². The Hall–Kier alpha value is -2.74. The van der Waals surface area contributed by atoms with E-state index in [0.29, 0.717) is 37.3 Å². The van der Waals surface area contributed by atoms with Gasteiger partial charge in [-0.25, -0.2) is 8.42 Å². The Morgan fingerprint density at radius 2 is 1.53 bits per heavy atom. The van der Waals surface area contributed by atoms with Gasteiger partial charge in [-0.2, -0.15) is 0 Å². The molecule has 0 aliphatic carbocycles. The van der Waals surface area contributed by atoms with Crippen molar-refractivity contribution in [3.05, 3.63) is 54.1 Å². The lowest BCUT2D eigenvalue weighted by Gasteiger charge is -2.24. The first-order valence-corrected chi connectivity index (χ1v) is 11.9. The first-order valence-electron chi connectivity index (χ1n) is 10.3. The molecule has 0 radical (unpaired) electrons. The third kappa shape index (κ3) is 4.23. The van der Waals surface area contributed by atoms with Crippen molar-refractivity contribution in [3.8, 4) is 5.75 Å². The Balaban J connectivity index is 1.41. The molecule has 4 rings (SSSR count). The van der Waals surface area contributed by atoms with Gasteiger partial charge in [-0.15, -0.1) is 0 Å². The van der Waals surface area contributed by atoms with Crippen molar-refractivity contribution in [1.82, 2.24) is 4.90 Å². The van der Waals surface area contributed by atoms with Crippen molar-refractivity contribution in [1.29, 1.82) is 0 Å². The molecule has 0 atom stereocenters. The van der Waals surface area contributed by atoms with Crippen LogP contribution in [0, 0.1) is 0 Å². The van der Waals surface area contributed by atoms with Crippen LogP contribution in [0.15, 0.2) is 48.5 Å². The molecular weight excluding hydrogens is 402 g/mol. The summed E-state index contributed by atoms with van der Waals surface area (Å²) >= 11 is 0. The van der Waals surface area contributed by atoms with Crippen LogP contribution >= 0.6 is 0 Å². The predicted octanol–water partition coefficient (Wildman–Crippen LogP) is 2.59. The first-order chi connectivity index (χ1) is 14.5. The van der Waals surface area contributed by atoms with Crippen molar-refractivity contribution < 1.29 is 17.9 Å². The van der Waals surface area contributed by atoms with E-state index in [9.17, 15) is 13.2 Å². The fourth-order valence-electron chi connectivity index (χ4n) is 4.05. The molecule has 8 heteroatoms. The smallest absolute Gasteiger partial charge is 0.253 e. The number of nitrogens with zero attached hydrogens (tertiary/aromatic N) is 3. The lowest BCUT2D eigenvalue weighted by molar-refractivity contribution is 0.0767. The van der Waals surface area contributed by atoms with Crippen molar-refractivity contribution in [2.24, 2.45) is 0 Å². The summed E-state index contributed by atoms with van der Waals surface area (Å²) < 4.78 is 30.8. The summed E-state index contributed by atoms with van der Waals surface area (Å²) in [5, 5.41) is 0. The van der Waals surface area contributed by atoms with Gasteiger partial charge in [-0.3, -0.25) is 9.10 Å². The SMILES string of the molecule is COc1ccc(N2CCCN(C(=O)c3ccc(N4CCCS4(=O)=O)cc3)CC2)cc1. The van der Waals surface area contributed by atoms with Crippen LogP contribution in [0.4, 0.5) is 11.4 Å². The van der Waals surface area contributed by atoms with Gasteiger partial charge in [0, 0.05) is 44.0 Å². The van der Waals surface area contributed by atoms with Gasteiger partial charge >= 0.3 is 0 Å². The number of methoxy groups -OCH3 is 1. The number of ether oxygens (including phenoxy) is 1. The highest BCUT2D eigenvalue weighted by Gasteiger charge is 2.28. The molecule has 0 N–H and O–H groups in total. The fraction of sp³-hybridized carbons (Fsp3) is 0.409. The third-order valence-corrected chi connectivity index (χ3v) is 7.59. The Kier molecular flexibility index (Phi) is 5.85. The quantitative estimate of drug-likeness (QED) is 0.747. The molecule has 2 aliphatic heterocycles. The van der Waals surface area contributed by atoms with E-state index >= 15 is 0 Å². The van der Waals surface area contributed by atoms with Crippen LogP contribution in [0.25, 0.3) is 0 Å². The molecule has 30 heavy (non-hydrogen) atoms. The van der Waals surface area contributed by atoms with Gasteiger partial charge in [0.1, 0.15) is 5.75 Å². The van der Waals surface area contributed by atoms with E-state index in [-0.39, 0.29) is 11.7 Å². The fourth-order valence-corrected chi connectivity index (χ4v) is 5.62. The van der Waals surface area contributed by atoms with Gasteiger partial charge in [0.15, 0.2) is 0 Å². The Morgan fingerprint density at radius 1 is 0.833 bits per heavy atom. The van der Waals surface area contributed by atoms with Crippen LogP contribution in [-0.4, -0.2) is 64.8 Å². The largest absolute Gasteiger partial charge is 0.497 e. The maximum absolute atomic E-state index is 13.0. The summed E-state index contributed by atoms with van der Waals surface area (Å²) in [6.45, 7) is 3.51. The lowest BCUT2D eigenvalue weighted by atomic mass is 10.1. The molecule has 2 saturated heterocycles. The highest BCUT2D eigenvalue weighted by molar-refractivity contribution is 7.93. The molecule has 0 saturated carbocycles. The highest BCUT2D eigenvalue weighted by atomic mass is 32.2. The molecule has 0 unspecified atom stereocenters. The molecule has 0 spiro atoms. The van der Waals surface area contributed by atoms with Crippen molar-refractivity contribution in [3.63, 3.8) is 0 Å². The van der Waals surface area contributed by atoms with Gasteiger partial charge in [-0.05, 0) is 61.4 Å². The number of rotatable bonds is 4. The molecule has 7 nitrogen and oxygen atoms in total. The minimum atomic E-state index is -3.21. The summed E-state index contributed by atoms with van der Waals surface area (Å²) in [5.74, 6) is 1.00. The molecule has 0 aromatic heterocycles. The van der Waals surface area contributed by atoms with E-state index < -0.39 is 10.0 Å². The number of carbonyl (C=O) groups excluding carboxylic acids is 1. The number of hydrogen-bond acceptors (Lipinski definition) is 5. The van der Waals surface area contributed by atoms with Crippen molar-refractivity contribution >= 4 is 27.3 Å². The van der Waals surface area contributed by atoms with Crippen LogP contribution in [0.5, 0.6) is 5.75 Å². The van der Waals surface area contributed by atoms with E-state index in [0.717, 1.165) is 30.9 Å². The van der Waals surface area contributed by atoms with Gasteiger partial charge in [0.05, 0.1) is 18.6 Å². The van der Waals surface area contributed by atoms with Gasteiger partial charge in [0.25, 0.3) is 5.91 Å². The van der Waals surface area contributed by atoms with Crippen molar-refractivity contribution in [2.75, 3.05) is 54.8 Å². The summed E-state index contributed by atoms with van der Waals surface area (Å²) in [5.41, 5.74) is 2.35. The average Bonchev–Trinajstić information content (AvgIpc) is 2.97. The molecule has 0 bridgehead atoms. The summed E-state index contributed by atoms with van der Waals surface area (Å²) in [6.07, 6.45) is 1.53. The topological polar surface area (TPSA) is 70.2 Å². The summed E-state index contributed by atoms with van der Waals surface area (Å²) in [4.78, 5) is 17.2. The monoisotopic (exact) mass is 429 g/mol. The summed E-state index contributed by atoms with van der Waals surface area (Å²) in [7, 11) is -1.56. The Morgan fingerprint density at radius 3 is 2.17 bits per heavy atom. The van der Waals surface area contributed by atoms with Gasteiger partial charge in [-0.1, -0.05) is 0 Å². The number of carbonyl (C=O) groups is 1. The second kappa shape index (κ2) is 8.55. The zero-order chi connectivity index (χ0) is 21.1. The Labute approximate surface area is 177 Å². The minimum absolute atomic E-state index is 0.0117. The number of hydrogen-bond donors (Lipinski definition) is 0. The molecular formula is C22H27N3O4S. The standard InChI is InChI=1S/C22H27N3O4S/c1-29-21-10-8-19(9-11-21)23-12-2-13-24(16-15-23)22(26)18-4-6-20(7-5-18)25-14-3-17-30(25,27)28/h4-11H,2-3,12-17H2,1H3. The zero-order valence-corrected chi connectivity index (χ0v) is 18.0. The predicted molar refractivity (Wildman–Crippen MR) is 118 cm³/mol. The van der Waals surface area contributed by atoms with Crippen molar-refractivity contribution in [2.45, 2.75) is 12.8 Å². The van der Waals surface area contributed by atoms with Crippen LogP contribution < -0.4 is 13.9 Å². The Bertz CT molecular complexity index is 990. The van der Waals surface area contributed by atoms with Gasteiger partial charge in [0.2, 0.25) is 10.0 Å². The van der Waals surface area contributed by atoms with Crippen LogP contribution in [0.3, 0.4) is 0 Å². The number of sulfonamides is 1. The molecule has 2 aliphatic rings. The second-order valence-corrected chi connectivity index (χ2v) is 9.63. The van der Waals surface area contributed by atoms with Crippen LogP contribution in [0.1, 0.15) is 23.2 Å². The summed E-state index contributed by atoms with van der Waals surface area (Å²) in [6, 6.07) is 14.9. The maximum atomic E-state index is 13.0. The van der Waals surface area contributed by atoms with E-state index in [1.165, 1.54) is 4.31 Å². The van der Waals surface area contributed by atoms with E-state index in [1.807, 2.05) is 29.2 Å². The molecule has 2 aromatic carbocycles. The first kappa shape index (κ1) is 20.5. The van der Waals surface area contributed by atoms with E-state index in [1.54, 1.807) is 31.4 Å². The van der Waals surface area contributed by atoms with Crippen LogP contribution in [-0.2, 0) is 10.0 Å². The number of amides is 1. The van der Waals surface area contributed by atoms with Crippen LogP contribution in [0.2, 0.25) is 0 Å². The van der Waals surface area contributed by atoms with E-state index in [2.05, 4.69) is 4.90 Å². The molecule has 160 valence electrons. The minimum Gasteiger partial charge on any atom is -0.497 e.